The van der Waals surface area contributed by atoms with Crippen LogP contribution in [0.4, 0.5) is 4.39 Å². The number of aromatic amines is 2. The molecule has 0 saturated heterocycles. The third kappa shape index (κ3) is 2.34. The van der Waals surface area contributed by atoms with Gasteiger partial charge in [-0.3, -0.25) is 4.79 Å². The molecule has 7 heteroatoms. The number of carbonyl (C=O) groups excluding carboxylic acids is 1. The molecule has 1 aromatic heterocycles. The van der Waals surface area contributed by atoms with Gasteiger partial charge in [0, 0.05) is 0 Å². The highest BCUT2D eigenvalue weighted by molar-refractivity contribution is 7.71. The Morgan fingerprint density at radius 3 is 2.90 bits per heavy atom. The van der Waals surface area contributed by atoms with E-state index in [1.54, 1.807) is 0 Å². The molecular weight excluding hydrogens is 281 g/mol. The Hall–Kier alpha value is -1.73. The summed E-state index contributed by atoms with van der Waals surface area (Å²) < 4.78 is 13.9. The van der Waals surface area contributed by atoms with E-state index in [1.165, 1.54) is 6.07 Å². The van der Waals surface area contributed by atoms with Crippen LogP contribution >= 0.6 is 12.2 Å². The summed E-state index contributed by atoms with van der Waals surface area (Å²) in [5.74, 6) is -0.925. The summed E-state index contributed by atoms with van der Waals surface area (Å²) in [6, 6.07) is 2.17. The molecule has 0 radical (unpaired) electrons. The zero-order valence-corrected chi connectivity index (χ0v) is 11.4. The van der Waals surface area contributed by atoms with Gasteiger partial charge in [-0.15, -0.1) is 0 Å². The average Bonchev–Trinajstić information content (AvgIpc) is 2.94. The van der Waals surface area contributed by atoms with E-state index >= 15 is 0 Å². The first-order valence-electron chi connectivity index (χ1n) is 6.45. The second-order valence-corrected chi connectivity index (χ2v) is 5.44. The summed E-state index contributed by atoms with van der Waals surface area (Å²) in [5.41, 5.74) is 1.11. The summed E-state index contributed by atoms with van der Waals surface area (Å²) in [4.78, 5) is 17.9. The molecule has 1 aliphatic rings. The topological polar surface area (TPSA) is 80.9 Å². The maximum Gasteiger partial charge on any atom is 0.253 e. The van der Waals surface area contributed by atoms with E-state index in [0.29, 0.717) is 22.2 Å². The Bertz CT molecular complexity index is 724. The Labute approximate surface area is 119 Å². The molecule has 4 N–H and O–H groups in total. The third-order valence-electron chi connectivity index (χ3n) is 3.63. The number of nitrogens with one attached hydrogen (secondary N) is 3. The molecule has 106 valence electrons. The number of imidazole rings is 1. The highest BCUT2D eigenvalue weighted by Gasteiger charge is 2.27. The number of fused-ring (bicyclic) bond motifs is 1. The Morgan fingerprint density at radius 1 is 1.40 bits per heavy atom. The Morgan fingerprint density at radius 2 is 2.20 bits per heavy atom. The lowest BCUT2D eigenvalue weighted by Gasteiger charge is -2.16. The molecular formula is C13H14FN3O2S. The normalized spacial score (nSPS) is 22.3. The number of hydrogen-bond acceptors (Lipinski definition) is 3. The maximum absolute atomic E-state index is 13.6. The van der Waals surface area contributed by atoms with Gasteiger partial charge in [0.25, 0.3) is 5.91 Å². The van der Waals surface area contributed by atoms with Crippen LogP contribution in [-0.2, 0) is 0 Å². The van der Waals surface area contributed by atoms with Gasteiger partial charge >= 0.3 is 0 Å². The van der Waals surface area contributed by atoms with Gasteiger partial charge in [-0.05, 0) is 43.6 Å². The number of halogens is 1. The van der Waals surface area contributed by atoms with Crippen molar-refractivity contribution in [3.8, 4) is 0 Å². The van der Waals surface area contributed by atoms with Crippen molar-refractivity contribution < 1.29 is 14.3 Å². The molecule has 0 aliphatic heterocycles. The monoisotopic (exact) mass is 295 g/mol. The second kappa shape index (κ2) is 4.99. The molecule has 1 saturated carbocycles. The fraction of sp³-hybridized carbons (Fsp3) is 0.385. The van der Waals surface area contributed by atoms with E-state index in [4.69, 9.17) is 12.2 Å². The molecule has 1 amide bonds. The zero-order valence-electron chi connectivity index (χ0n) is 10.6. The fourth-order valence-electron chi connectivity index (χ4n) is 2.64. The number of aliphatic hydroxyl groups is 1. The molecule has 0 unspecified atom stereocenters. The molecule has 5 nitrogen and oxygen atoms in total. The third-order valence-corrected chi connectivity index (χ3v) is 3.83. The summed E-state index contributed by atoms with van der Waals surface area (Å²) in [5, 5.41) is 12.5. The number of aliphatic hydroxyl groups excluding tert-OH is 1. The van der Waals surface area contributed by atoms with Gasteiger partial charge < -0.3 is 20.4 Å². The van der Waals surface area contributed by atoms with Crippen molar-refractivity contribution in [1.82, 2.24) is 15.3 Å². The van der Waals surface area contributed by atoms with Crippen LogP contribution in [0.15, 0.2) is 12.1 Å². The smallest absolute Gasteiger partial charge is 0.253 e. The summed E-state index contributed by atoms with van der Waals surface area (Å²) in [7, 11) is 0. The first kappa shape index (κ1) is 13.3. The van der Waals surface area contributed by atoms with Crippen LogP contribution in [0.1, 0.15) is 29.6 Å². The van der Waals surface area contributed by atoms with Gasteiger partial charge in [0.1, 0.15) is 5.82 Å². The van der Waals surface area contributed by atoms with Gasteiger partial charge in [-0.1, -0.05) is 0 Å². The first-order valence-corrected chi connectivity index (χ1v) is 6.86. The highest BCUT2D eigenvalue weighted by Crippen LogP contribution is 2.21. The van der Waals surface area contributed by atoms with Crippen molar-refractivity contribution in [1.29, 1.82) is 0 Å². The van der Waals surface area contributed by atoms with Crippen molar-refractivity contribution in [3.63, 3.8) is 0 Å². The molecule has 1 fully saturated rings. The number of benzene rings is 1. The van der Waals surface area contributed by atoms with Crippen LogP contribution < -0.4 is 5.32 Å². The van der Waals surface area contributed by atoms with E-state index < -0.39 is 17.8 Å². The summed E-state index contributed by atoms with van der Waals surface area (Å²) in [6.07, 6.45) is 1.75. The minimum Gasteiger partial charge on any atom is -0.391 e. The van der Waals surface area contributed by atoms with Gasteiger partial charge in [0.2, 0.25) is 0 Å². The van der Waals surface area contributed by atoms with Gasteiger partial charge in [-0.25, -0.2) is 4.39 Å². The fourth-order valence-corrected chi connectivity index (χ4v) is 2.85. The molecule has 0 bridgehead atoms. The molecule has 1 heterocycles. The molecule has 1 aromatic carbocycles. The predicted molar refractivity (Wildman–Crippen MR) is 74.6 cm³/mol. The predicted octanol–water partition coefficient (Wildman–Crippen LogP) is 2.01. The quantitative estimate of drug-likeness (QED) is 0.640. The summed E-state index contributed by atoms with van der Waals surface area (Å²) in [6.45, 7) is 0. The molecule has 3 rings (SSSR count). The second-order valence-electron chi connectivity index (χ2n) is 5.03. The lowest BCUT2D eigenvalue weighted by Crippen LogP contribution is -2.39. The van der Waals surface area contributed by atoms with E-state index in [2.05, 4.69) is 15.3 Å². The van der Waals surface area contributed by atoms with Gasteiger partial charge in [0.05, 0.1) is 28.7 Å². The van der Waals surface area contributed by atoms with E-state index in [-0.39, 0.29) is 11.6 Å². The lowest BCUT2D eigenvalue weighted by atomic mass is 10.1. The van der Waals surface area contributed by atoms with Crippen LogP contribution in [0.2, 0.25) is 0 Å². The number of amides is 1. The number of rotatable bonds is 2. The van der Waals surface area contributed by atoms with Gasteiger partial charge in [0.15, 0.2) is 4.77 Å². The zero-order chi connectivity index (χ0) is 14.3. The van der Waals surface area contributed by atoms with E-state index in [9.17, 15) is 14.3 Å². The Kier molecular flexibility index (Phi) is 3.31. The number of hydrogen-bond donors (Lipinski definition) is 4. The van der Waals surface area contributed by atoms with Crippen molar-refractivity contribution >= 4 is 29.2 Å². The standard InChI is InChI=1S/C13H14FN3O2S/c14-6-4-7(11-9(5-6)16-13(20)17-11)12(19)15-8-2-1-3-10(8)18/h4-5,8,10,18H,1-3H2,(H,15,19)(H2,16,17,20)/t8-,10-/m0/s1. The molecule has 1 aliphatic carbocycles. The van der Waals surface area contributed by atoms with Crippen LogP contribution in [-0.4, -0.2) is 33.1 Å². The van der Waals surface area contributed by atoms with Crippen LogP contribution in [0, 0.1) is 10.6 Å². The van der Waals surface area contributed by atoms with E-state index in [1.807, 2.05) is 0 Å². The minimum absolute atomic E-state index is 0.187. The molecule has 0 spiro atoms. The number of aromatic nitrogens is 2. The van der Waals surface area contributed by atoms with Crippen LogP contribution in [0.5, 0.6) is 0 Å². The highest BCUT2D eigenvalue weighted by atomic mass is 32.1. The number of carbonyl (C=O) groups is 1. The molecule has 20 heavy (non-hydrogen) atoms. The van der Waals surface area contributed by atoms with E-state index in [0.717, 1.165) is 18.9 Å². The minimum atomic E-state index is -0.535. The first-order chi connectivity index (χ1) is 9.54. The lowest BCUT2D eigenvalue weighted by molar-refractivity contribution is 0.0874. The van der Waals surface area contributed by atoms with Crippen molar-refractivity contribution in [2.24, 2.45) is 0 Å². The Balaban J connectivity index is 1.96. The maximum atomic E-state index is 13.6. The van der Waals surface area contributed by atoms with Crippen molar-refractivity contribution in [2.45, 2.75) is 31.4 Å². The average molecular weight is 295 g/mol. The molecule has 2 atom stereocenters. The summed E-state index contributed by atoms with van der Waals surface area (Å²) >= 11 is 4.96. The van der Waals surface area contributed by atoms with Gasteiger partial charge in [-0.2, -0.15) is 0 Å². The van der Waals surface area contributed by atoms with Crippen molar-refractivity contribution in [2.75, 3.05) is 0 Å². The largest absolute Gasteiger partial charge is 0.391 e. The number of H-pyrrole nitrogens is 2. The molecule has 2 aromatic rings. The van der Waals surface area contributed by atoms with Crippen molar-refractivity contribution in [3.05, 3.63) is 28.3 Å². The van der Waals surface area contributed by atoms with Crippen LogP contribution in [0.25, 0.3) is 11.0 Å². The van der Waals surface area contributed by atoms with Crippen LogP contribution in [0.3, 0.4) is 0 Å². The SMILES string of the molecule is O=C(N[C@H]1CCC[C@@H]1O)c1cc(F)cc2[nH]c(=S)[nH]c12.